The fourth-order valence-corrected chi connectivity index (χ4v) is 3.39. The maximum Gasteiger partial charge on any atom is 0.382 e. The zero-order valence-electron chi connectivity index (χ0n) is 17.5. The Kier molecular flexibility index (Phi) is 7.76. The quantitative estimate of drug-likeness (QED) is 0.272. The van der Waals surface area contributed by atoms with Crippen LogP contribution in [0, 0.1) is 10.1 Å². The molecule has 160 valence electrons. The summed E-state index contributed by atoms with van der Waals surface area (Å²) in [6.07, 6.45) is 0.00346. The second-order valence-corrected chi connectivity index (χ2v) is 7.25. The third-order valence-electron chi connectivity index (χ3n) is 4.98. The fourth-order valence-electron chi connectivity index (χ4n) is 3.39. The van der Waals surface area contributed by atoms with E-state index in [1.54, 1.807) is 6.92 Å². The molecular formula is C25H26N2O4. The zero-order valence-corrected chi connectivity index (χ0v) is 17.5. The SMILES string of the molecule is CCOC(=O)C(Cc1ccc(N(Cc2ccccc2)Cc2ccccc2)cc1)[N+](=O)[O-]. The van der Waals surface area contributed by atoms with Crippen LogP contribution in [0.2, 0.25) is 0 Å². The lowest BCUT2D eigenvalue weighted by atomic mass is 10.1. The molecule has 31 heavy (non-hydrogen) atoms. The molecule has 0 aliphatic carbocycles. The standard InChI is InChI=1S/C25H26N2O4/c1-2-31-25(28)24(27(29)30)17-20-13-15-23(16-14-20)26(18-21-9-5-3-6-10-21)19-22-11-7-4-8-12-22/h3-16,24H,2,17-19H2,1H3. The predicted octanol–water partition coefficient (Wildman–Crippen LogP) is 4.64. The minimum Gasteiger partial charge on any atom is -0.461 e. The van der Waals surface area contributed by atoms with E-state index < -0.39 is 16.9 Å². The van der Waals surface area contributed by atoms with Gasteiger partial charge in [-0.2, -0.15) is 0 Å². The molecular weight excluding hydrogens is 392 g/mol. The molecule has 0 saturated carbocycles. The van der Waals surface area contributed by atoms with Crippen molar-refractivity contribution in [3.8, 4) is 0 Å². The Morgan fingerprint density at radius 2 is 1.39 bits per heavy atom. The van der Waals surface area contributed by atoms with Gasteiger partial charge in [0, 0.05) is 23.7 Å². The van der Waals surface area contributed by atoms with Crippen LogP contribution >= 0.6 is 0 Å². The molecule has 0 aromatic heterocycles. The second kappa shape index (κ2) is 10.9. The number of ether oxygens (including phenoxy) is 1. The number of rotatable bonds is 10. The van der Waals surface area contributed by atoms with E-state index in [4.69, 9.17) is 4.74 Å². The summed E-state index contributed by atoms with van der Waals surface area (Å²) >= 11 is 0. The van der Waals surface area contributed by atoms with Gasteiger partial charge in [0.2, 0.25) is 0 Å². The summed E-state index contributed by atoms with van der Waals surface area (Å²) in [6.45, 7) is 3.22. The minimum absolute atomic E-state index is 0.00346. The van der Waals surface area contributed by atoms with E-state index in [9.17, 15) is 14.9 Å². The molecule has 6 nitrogen and oxygen atoms in total. The summed E-state index contributed by atoms with van der Waals surface area (Å²) in [5.41, 5.74) is 4.11. The van der Waals surface area contributed by atoms with E-state index in [-0.39, 0.29) is 13.0 Å². The van der Waals surface area contributed by atoms with Crippen molar-refractivity contribution in [1.82, 2.24) is 0 Å². The smallest absolute Gasteiger partial charge is 0.382 e. The second-order valence-electron chi connectivity index (χ2n) is 7.25. The molecule has 1 atom stereocenters. The molecule has 6 heteroatoms. The van der Waals surface area contributed by atoms with Gasteiger partial charge in [0.1, 0.15) is 0 Å². The third-order valence-corrected chi connectivity index (χ3v) is 4.98. The van der Waals surface area contributed by atoms with Crippen LogP contribution in [0.15, 0.2) is 84.9 Å². The largest absolute Gasteiger partial charge is 0.461 e. The molecule has 0 fully saturated rings. The first-order valence-corrected chi connectivity index (χ1v) is 10.3. The summed E-state index contributed by atoms with van der Waals surface area (Å²) in [6, 6.07) is 26.6. The molecule has 0 aliphatic heterocycles. The lowest BCUT2D eigenvalue weighted by Crippen LogP contribution is -2.33. The maximum atomic E-state index is 11.9. The van der Waals surface area contributed by atoms with Gasteiger partial charge in [-0.25, -0.2) is 4.79 Å². The van der Waals surface area contributed by atoms with Crippen LogP contribution in [0.1, 0.15) is 23.6 Å². The molecule has 3 aromatic rings. The van der Waals surface area contributed by atoms with Crippen LogP contribution in [0.4, 0.5) is 5.69 Å². The normalized spacial score (nSPS) is 11.5. The number of nitro groups is 1. The minimum atomic E-state index is -1.39. The number of carbonyl (C=O) groups excluding carboxylic acids is 1. The van der Waals surface area contributed by atoms with Gasteiger partial charge in [-0.15, -0.1) is 0 Å². The fraction of sp³-hybridized carbons (Fsp3) is 0.240. The first-order valence-electron chi connectivity index (χ1n) is 10.3. The lowest BCUT2D eigenvalue weighted by Gasteiger charge is -2.25. The van der Waals surface area contributed by atoms with E-state index in [2.05, 4.69) is 29.2 Å². The molecule has 0 radical (unpaired) electrons. The summed E-state index contributed by atoms with van der Waals surface area (Å²) in [5.74, 6) is -0.800. The van der Waals surface area contributed by atoms with Crippen molar-refractivity contribution in [3.05, 3.63) is 112 Å². The first-order chi connectivity index (χ1) is 15.1. The molecule has 3 rings (SSSR count). The van der Waals surface area contributed by atoms with E-state index in [1.165, 1.54) is 11.1 Å². The number of nitrogens with zero attached hydrogens (tertiary/aromatic N) is 2. The summed E-state index contributed by atoms with van der Waals surface area (Å²) in [4.78, 5) is 24.9. The lowest BCUT2D eigenvalue weighted by molar-refractivity contribution is -0.510. The van der Waals surface area contributed by atoms with E-state index in [0.717, 1.165) is 24.3 Å². The number of anilines is 1. The molecule has 1 unspecified atom stereocenters. The van der Waals surface area contributed by atoms with Gasteiger partial charge in [-0.05, 0) is 35.7 Å². The van der Waals surface area contributed by atoms with Crippen LogP contribution in [0.3, 0.4) is 0 Å². The maximum absolute atomic E-state index is 11.9. The summed E-state index contributed by atoms with van der Waals surface area (Å²) < 4.78 is 4.84. The predicted molar refractivity (Wildman–Crippen MR) is 120 cm³/mol. The van der Waals surface area contributed by atoms with E-state index in [1.807, 2.05) is 60.7 Å². The Bertz CT molecular complexity index is 934. The third kappa shape index (κ3) is 6.40. The zero-order chi connectivity index (χ0) is 22.1. The van der Waals surface area contributed by atoms with Gasteiger partial charge in [0.25, 0.3) is 0 Å². The average molecular weight is 418 g/mol. The monoisotopic (exact) mass is 418 g/mol. The van der Waals surface area contributed by atoms with Crippen LogP contribution in [0.5, 0.6) is 0 Å². The van der Waals surface area contributed by atoms with Gasteiger partial charge in [0.05, 0.1) is 13.0 Å². The molecule has 0 bridgehead atoms. The van der Waals surface area contributed by atoms with Crippen LogP contribution < -0.4 is 4.90 Å². The highest BCUT2D eigenvalue weighted by Gasteiger charge is 2.31. The van der Waals surface area contributed by atoms with Gasteiger partial charge >= 0.3 is 12.0 Å². The van der Waals surface area contributed by atoms with Crippen molar-refractivity contribution < 1.29 is 14.5 Å². The van der Waals surface area contributed by atoms with Crippen LogP contribution in [-0.2, 0) is 29.0 Å². The number of hydrogen-bond donors (Lipinski definition) is 0. The van der Waals surface area contributed by atoms with Crippen LogP contribution in [0.25, 0.3) is 0 Å². The Morgan fingerprint density at radius 3 is 1.84 bits per heavy atom. The molecule has 0 aliphatic rings. The van der Waals surface area contributed by atoms with Crippen molar-refractivity contribution in [2.24, 2.45) is 0 Å². The Balaban J connectivity index is 1.79. The number of benzene rings is 3. The molecule has 0 heterocycles. The highest BCUT2D eigenvalue weighted by atomic mass is 16.6. The Labute approximate surface area is 182 Å². The van der Waals surface area contributed by atoms with E-state index in [0.29, 0.717) is 0 Å². The first kappa shape index (κ1) is 22.0. The Morgan fingerprint density at radius 1 is 0.871 bits per heavy atom. The summed E-state index contributed by atoms with van der Waals surface area (Å²) in [7, 11) is 0. The number of carbonyl (C=O) groups is 1. The summed E-state index contributed by atoms with van der Waals surface area (Å²) in [5, 5.41) is 11.3. The van der Waals surface area contributed by atoms with Crippen molar-refractivity contribution in [2.45, 2.75) is 32.5 Å². The van der Waals surface area contributed by atoms with Gasteiger partial charge < -0.3 is 9.64 Å². The van der Waals surface area contributed by atoms with E-state index >= 15 is 0 Å². The number of esters is 1. The van der Waals surface area contributed by atoms with Crippen molar-refractivity contribution in [2.75, 3.05) is 11.5 Å². The molecule has 3 aromatic carbocycles. The average Bonchev–Trinajstić information content (AvgIpc) is 2.79. The van der Waals surface area contributed by atoms with Crippen LogP contribution in [-0.4, -0.2) is 23.5 Å². The van der Waals surface area contributed by atoms with Crippen molar-refractivity contribution in [1.29, 1.82) is 0 Å². The van der Waals surface area contributed by atoms with Crippen molar-refractivity contribution in [3.63, 3.8) is 0 Å². The highest BCUT2D eigenvalue weighted by Crippen LogP contribution is 2.22. The van der Waals surface area contributed by atoms with Gasteiger partial charge in [-0.1, -0.05) is 72.8 Å². The number of hydrogen-bond acceptors (Lipinski definition) is 5. The molecule has 0 N–H and O–H groups in total. The molecule has 0 saturated heterocycles. The topological polar surface area (TPSA) is 72.7 Å². The Hall–Kier alpha value is -3.67. The highest BCUT2D eigenvalue weighted by molar-refractivity contribution is 5.74. The van der Waals surface area contributed by atoms with Gasteiger partial charge in [0.15, 0.2) is 0 Å². The van der Waals surface area contributed by atoms with Gasteiger partial charge in [-0.3, -0.25) is 10.1 Å². The molecule has 0 spiro atoms. The van der Waals surface area contributed by atoms with Crippen molar-refractivity contribution >= 4 is 11.7 Å². The molecule has 0 amide bonds.